The molecule has 0 saturated heterocycles. The first-order valence-electron chi connectivity index (χ1n) is 5.31. The van der Waals surface area contributed by atoms with Gasteiger partial charge in [0.2, 0.25) is 0 Å². The number of nitriles is 1. The molecule has 0 aromatic heterocycles. The summed E-state index contributed by atoms with van der Waals surface area (Å²) in [5.41, 5.74) is 0.797. The third-order valence-electron chi connectivity index (χ3n) is 2.15. The highest BCUT2D eigenvalue weighted by Crippen LogP contribution is 2.16. The van der Waals surface area contributed by atoms with Crippen LogP contribution in [0.2, 0.25) is 0 Å². The zero-order valence-corrected chi connectivity index (χ0v) is 9.99. The molecule has 1 rings (SSSR count). The van der Waals surface area contributed by atoms with E-state index in [9.17, 15) is 18.0 Å². The normalized spacial score (nSPS) is 12.6. The monoisotopic (exact) mass is 272 g/mol. The van der Waals surface area contributed by atoms with Crippen molar-refractivity contribution in [3.63, 3.8) is 0 Å². The van der Waals surface area contributed by atoms with Crippen LogP contribution >= 0.6 is 0 Å². The van der Waals surface area contributed by atoms with Crippen molar-refractivity contribution >= 4 is 11.6 Å². The van der Waals surface area contributed by atoms with Crippen molar-refractivity contribution in [3.05, 3.63) is 29.8 Å². The lowest BCUT2D eigenvalue weighted by Crippen LogP contribution is -2.31. The molecule has 1 aromatic carbocycles. The number of benzene rings is 1. The summed E-state index contributed by atoms with van der Waals surface area (Å²) in [6, 6.07) is 7.83. The third-order valence-corrected chi connectivity index (χ3v) is 2.15. The van der Waals surface area contributed by atoms with Crippen LogP contribution in [0.4, 0.5) is 18.9 Å². The minimum atomic E-state index is -4.47. The number of anilines is 1. The minimum absolute atomic E-state index is 0.381. The molecule has 0 unspecified atom stereocenters. The molecule has 0 aliphatic rings. The Bertz CT molecular complexity index is 477. The second-order valence-electron chi connectivity index (χ2n) is 3.75. The molecule has 0 aliphatic heterocycles. The molecular weight excluding hydrogens is 261 g/mol. The molecule has 1 aromatic rings. The van der Waals surface area contributed by atoms with Crippen LogP contribution in [0.3, 0.4) is 0 Å². The summed E-state index contributed by atoms with van der Waals surface area (Å²) in [6.07, 6.45) is -5.69. The lowest BCUT2D eigenvalue weighted by Gasteiger charge is -2.14. The fourth-order valence-corrected chi connectivity index (χ4v) is 1.17. The first-order valence-corrected chi connectivity index (χ1v) is 5.31. The summed E-state index contributed by atoms with van der Waals surface area (Å²) in [6.45, 7) is -0.250. The Morgan fingerprint density at radius 3 is 2.47 bits per heavy atom. The van der Waals surface area contributed by atoms with Crippen molar-refractivity contribution in [1.29, 1.82) is 5.26 Å². The van der Waals surface area contributed by atoms with E-state index in [1.807, 2.05) is 6.07 Å². The number of nitrogens with one attached hydrogen (secondary N) is 1. The van der Waals surface area contributed by atoms with Gasteiger partial charge in [-0.15, -0.1) is 0 Å². The number of ether oxygens (including phenoxy) is 1. The van der Waals surface area contributed by atoms with Gasteiger partial charge in [-0.1, -0.05) is 0 Å². The molecule has 0 spiro atoms. The van der Waals surface area contributed by atoms with Crippen molar-refractivity contribution in [3.8, 4) is 6.07 Å². The van der Waals surface area contributed by atoms with Crippen molar-refractivity contribution in [2.24, 2.45) is 0 Å². The van der Waals surface area contributed by atoms with E-state index in [1.165, 1.54) is 31.2 Å². The lowest BCUT2D eigenvalue weighted by molar-refractivity contribution is -0.184. The fraction of sp³-hybridized carbons (Fsp3) is 0.333. The van der Waals surface area contributed by atoms with E-state index in [2.05, 4.69) is 10.1 Å². The van der Waals surface area contributed by atoms with Crippen molar-refractivity contribution in [2.45, 2.75) is 19.2 Å². The predicted octanol–water partition coefficient (Wildman–Crippen LogP) is 2.46. The lowest BCUT2D eigenvalue weighted by atomic mass is 10.2. The Labute approximate surface area is 107 Å². The summed E-state index contributed by atoms with van der Waals surface area (Å²) in [4.78, 5) is 11.5. The van der Waals surface area contributed by atoms with Gasteiger partial charge in [-0.05, 0) is 31.2 Å². The highest BCUT2D eigenvalue weighted by Gasteiger charge is 2.29. The number of carbonyl (C=O) groups is 1. The molecule has 0 aliphatic carbocycles. The van der Waals surface area contributed by atoms with Gasteiger partial charge >= 0.3 is 6.18 Å². The maximum Gasteiger partial charge on any atom is 0.411 e. The Morgan fingerprint density at radius 2 is 2.00 bits per heavy atom. The molecule has 19 heavy (non-hydrogen) atoms. The van der Waals surface area contributed by atoms with Gasteiger partial charge in [-0.25, -0.2) is 0 Å². The number of amides is 1. The van der Waals surface area contributed by atoms with E-state index >= 15 is 0 Å². The average Bonchev–Trinajstić information content (AvgIpc) is 2.36. The molecule has 1 amide bonds. The Balaban J connectivity index is 2.52. The van der Waals surface area contributed by atoms with E-state index in [-0.39, 0.29) is 0 Å². The number of halogens is 3. The molecule has 0 fully saturated rings. The third kappa shape index (κ3) is 5.40. The van der Waals surface area contributed by atoms with Crippen LogP contribution in [-0.4, -0.2) is 24.8 Å². The predicted molar refractivity (Wildman–Crippen MR) is 61.3 cm³/mol. The summed E-state index contributed by atoms with van der Waals surface area (Å²) in [5.74, 6) is -0.686. The second kappa shape index (κ2) is 6.20. The Hall–Kier alpha value is -2.07. The van der Waals surface area contributed by atoms with Crippen LogP contribution in [0.5, 0.6) is 0 Å². The molecule has 102 valence electrons. The zero-order valence-electron chi connectivity index (χ0n) is 9.99. The Morgan fingerprint density at radius 1 is 1.42 bits per heavy atom. The SMILES string of the molecule is C[C@@H](OCC(F)(F)F)C(=O)Nc1ccc(C#N)cc1. The van der Waals surface area contributed by atoms with Gasteiger partial charge in [0.1, 0.15) is 12.7 Å². The van der Waals surface area contributed by atoms with Crippen molar-refractivity contribution in [1.82, 2.24) is 0 Å². The highest BCUT2D eigenvalue weighted by molar-refractivity contribution is 5.93. The maximum atomic E-state index is 11.9. The average molecular weight is 272 g/mol. The quantitative estimate of drug-likeness (QED) is 0.915. The fourth-order valence-electron chi connectivity index (χ4n) is 1.17. The largest absolute Gasteiger partial charge is 0.411 e. The molecule has 7 heteroatoms. The summed E-state index contributed by atoms with van der Waals surface area (Å²) in [7, 11) is 0. The standard InChI is InChI=1S/C12H11F3N2O2/c1-8(19-7-12(13,14)15)11(18)17-10-4-2-9(6-16)3-5-10/h2-5,8H,7H2,1H3,(H,17,18)/t8-/m1/s1. The molecule has 1 N–H and O–H groups in total. The number of carbonyl (C=O) groups excluding carboxylic acids is 1. The molecule has 0 radical (unpaired) electrons. The van der Waals surface area contributed by atoms with Crippen LogP contribution in [0.25, 0.3) is 0 Å². The van der Waals surface area contributed by atoms with Crippen LogP contribution in [-0.2, 0) is 9.53 Å². The van der Waals surface area contributed by atoms with Crippen LogP contribution in [0.1, 0.15) is 12.5 Å². The highest BCUT2D eigenvalue weighted by atomic mass is 19.4. The Kier molecular flexibility index (Phi) is 4.89. The smallest absolute Gasteiger partial charge is 0.359 e. The number of alkyl halides is 3. The minimum Gasteiger partial charge on any atom is -0.359 e. The van der Waals surface area contributed by atoms with Gasteiger partial charge in [0, 0.05) is 5.69 Å². The topological polar surface area (TPSA) is 62.1 Å². The first kappa shape index (κ1) is 15.0. The molecule has 0 bridgehead atoms. The number of hydrogen-bond acceptors (Lipinski definition) is 3. The van der Waals surface area contributed by atoms with Crippen molar-refractivity contribution in [2.75, 3.05) is 11.9 Å². The van der Waals surface area contributed by atoms with Gasteiger partial charge in [0.25, 0.3) is 5.91 Å². The van der Waals surface area contributed by atoms with Crippen LogP contribution in [0, 0.1) is 11.3 Å². The number of nitrogens with zero attached hydrogens (tertiary/aromatic N) is 1. The maximum absolute atomic E-state index is 11.9. The zero-order chi connectivity index (χ0) is 14.5. The van der Waals surface area contributed by atoms with Crippen molar-refractivity contribution < 1.29 is 22.7 Å². The van der Waals surface area contributed by atoms with E-state index < -0.39 is 24.8 Å². The molecule has 1 atom stereocenters. The van der Waals surface area contributed by atoms with Crippen LogP contribution in [0.15, 0.2) is 24.3 Å². The summed E-state index contributed by atoms with van der Waals surface area (Å²) in [5, 5.41) is 11.0. The van der Waals surface area contributed by atoms with Gasteiger partial charge in [0.05, 0.1) is 11.6 Å². The number of rotatable bonds is 4. The van der Waals surface area contributed by atoms with E-state index in [0.29, 0.717) is 11.3 Å². The van der Waals surface area contributed by atoms with Gasteiger partial charge in [0.15, 0.2) is 0 Å². The second-order valence-corrected chi connectivity index (χ2v) is 3.75. The molecule has 0 heterocycles. The van der Waals surface area contributed by atoms with E-state index in [1.54, 1.807) is 0 Å². The molecule has 0 saturated carbocycles. The van der Waals surface area contributed by atoms with Gasteiger partial charge in [-0.3, -0.25) is 4.79 Å². The van der Waals surface area contributed by atoms with Crippen LogP contribution < -0.4 is 5.32 Å². The number of hydrogen-bond donors (Lipinski definition) is 1. The molecule has 4 nitrogen and oxygen atoms in total. The molecular formula is C12H11F3N2O2. The van der Waals surface area contributed by atoms with Gasteiger partial charge < -0.3 is 10.1 Å². The van der Waals surface area contributed by atoms with Gasteiger partial charge in [-0.2, -0.15) is 18.4 Å². The first-order chi connectivity index (χ1) is 8.81. The summed E-state index contributed by atoms with van der Waals surface area (Å²) < 4.78 is 40.1. The summed E-state index contributed by atoms with van der Waals surface area (Å²) >= 11 is 0. The van der Waals surface area contributed by atoms with E-state index in [0.717, 1.165) is 0 Å². The van der Waals surface area contributed by atoms with E-state index in [4.69, 9.17) is 5.26 Å².